The Morgan fingerprint density at radius 1 is 0.404 bits per heavy atom. The van der Waals surface area contributed by atoms with E-state index in [0.29, 0.717) is 0 Å². The molecule has 0 fully saturated rings. The first-order valence-electron chi connectivity index (χ1n) is 15.5. The Bertz CT molecular complexity index is 2310. The molecule has 1 spiro atoms. The summed E-state index contributed by atoms with van der Waals surface area (Å²) < 4.78 is 0. The molecule has 4 aromatic carbocycles. The van der Waals surface area contributed by atoms with Gasteiger partial charge in [0.1, 0.15) is 10.0 Å². The van der Waals surface area contributed by atoms with Gasteiger partial charge in [0.05, 0.1) is 28.2 Å². The summed E-state index contributed by atoms with van der Waals surface area (Å²) in [6.45, 7) is 0. The van der Waals surface area contributed by atoms with Crippen LogP contribution >= 0.6 is 22.7 Å². The van der Waals surface area contributed by atoms with E-state index in [-0.39, 0.29) is 0 Å². The summed E-state index contributed by atoms with van der Waals surface area (Å²) >= 11 is 3.22. The van der Waals surface area contributed by atoms with Crippen LogP contribution in [0, 0.1) is 0 Å². The van der Waals surface area contributed by atoms with E-state index in [1.807, 2.05) is 35.3 Å². The molecule has 0 bridgehead atoms. The largest absolute Gasteiger partial charge is 0.245 e. The molecule has 0 amide bonds. The van der Waals surface area contributed by atoms with Crippen molar-refractivity contribution in [3.8, 4) is 66.2 Å². The van der Waals surface area contributed by atoms with E-state index in [2.05, 4.69) is 119 Å². The fourth-order valence-corrected chi connectivity index (χ4v) is 8.80. The molecule has 2 aliphatic carbocycles. The maximum Gasteiger partial charge on any atom is 0.141 e. The smallest absolute Gasteiger partial charge is 0.141 e. The van der Waals surface area contributed by atoms with Gasteiger partial charge in [0, 0.05) is 34.3 Å². The minimum atomic E-state index is -0.482. The second-order valence-corrected chi connectivity index (χ2v) is 13.6. The van der Waals surface area contributed by atoms with Gasteiger partial charge in [-0.1, -0.05) is 84.9 Å². The fourth-order valence-electron chi connectivity index (χ4n) is 7.59. The predicted octanol–water partition coefficient (Wildman–Crippen LogP) is 10.4. The first-order chi connectivity index (χ1) is 23.3. The highest BCUT2D eigenvalue weighted by atomic mass is 32.1. The van der Waals surface area contributed by atoms with E-state index in [1.54, 1.807) is 22.7 Å². The number of benzene rings is 4. The summed E-state index contributed by atoms with van der Waals surface area (Å²) in [5.41, 5.74) is 15.6. The van der Waals surface area contributed by atoms with Gasteiger partial charge < -0.3 is 0 Å². The second kappa shape index (κ2) is 10.2. The molecule has 4 heterocycles. The molecule has 4 aromatic heterocycles. The van der Waals surface area contributed by atoms with Crippen molar-refractivity contribution < 1.29 is 0 Å². The van der Waals surface area contributed by atoms with E-state index in [9.17, 15) is 0 Å². The van der Waals surface area contributed by atoms with Gasteiger partial charge in [-0.2, -0.15) is 0 Å². The molecule has 0 atom stereocenters. The monoisotopic (exact) mass is 636 g/mol. The van der Waals surface area contributed by atoms with Crippen LogP contribution in [0.1, 0.15) is 22.3 Å². The standard InChI is InChI=1S/C41H24N4S2/c1-3-9-31-27(7-1)28-8-2-4-10-32(28)41(31)33-23-25(35-11-5-13-37(44-35)39-42-19-21-46-39)15-17-29(33)30-18-16-26(24-34(30)41)36-12-6-14-38(45-36)40-43-20-22-47-40/h1-24H. The van der Waals surface area contributed by atoms with Crippen LogP contribution in [-0.2, 0) is 5.41 Å². The van der Waals surface area contributed by atoms with Gasteiger partial charge in [-0.25, -0.2) is 19.9 Å². The van der Waals surface area contributed by atoms with Gasteiger partial charge in [-0.05, 0) is 80.9 Å². The van der Waals surface area contributed by atoms with Crippen LogP contribution in [0.5, 0.6) is 0 Å². The quantitative estimate of drug-likeness (QED) is 0.193. The minimum Gasteiger partial charge on any atom is -0.245 e. The van der Waals surface area contributed by atoms with Crippen molar-refractivity contribution in [3.63, 3.8) is 0 Å². The Morgan fingerprint density at radius 2 is 0.851 bits per heavy atom. The van der Waals surface area contributed by atoms with E-state index in [4.69, 9.17) is 9.97 Å². The first-order valence-corrected chi connectivity index (χ1v) is 17.3. The second-order valence-electron chi connectivity index (χ2n) is 11.9. The lowest BCUT2D eigenvalue weighted by Gasteiger charge is -2.31. The number of fused-ring (bicyclic) bond motifs is 10. The number of aromatic nitrogens is 4. The zero-order valence-corrected chi connectivity index (χ0v) is 26.6. The van der Waals surface area contributed by atoms with Gasteiger partial charge in [0.25, 0.3) is 0 Å². The lowest BCUT2D eigenvalue weighted by atomic mass is 9.70. The van der Waals surface area contributed by atoms with Crippen molar-refractivity contribution in [3.05, 3.63) is 167 Å². The molecule has 0 radical (unpaired) electrons. The van der Waals surface area contributed by atoms with E-state index >= 15 is 0 Å². The topological polar surface area (TPSA) is 51.6 Å². The molecule has 0 saturated carbocycles. The third-order valence-electron chi connectivity index (χ3n) is 9.48. The Labute approximate surface area is 279 Å². The van der Waals surface area contributed by atoms with Crippen LogP contribution in [0.25, 0.3) is 66.2 Å². The number of thiazole rings is 2. The lowest BCUT2D eigenvalue weighted by Crippen LogP contribution is -2.26. The zero-order chi connectivity index (χ0) is 31.0. The normalized spacial score (nSPS) is 13.3. The van der Waals surface area contributed by atoms with Crippen LogP contribution in [0.4, 0.5) is 0 Å². The molecule has 0 N–H and O–H groups in total. The van der Waals surface area contributed by atoms with E-state index < -0.39 is 5.41 Å². The molecule has 6 heteroatoms. The molecule has 2 aliphatic rings. The average molecular weight is 637 g/mol. The highest BCUT2D eigenvalue weighted by molar-refractivity contribution is 7.13. The molecule has 8 aromatic rings. The third kappa shape index (κ3) is 3.86. The number of nitrogens with zero attached hydrogens (tertiary/aromatic N) is 4. The van der Waals surface area contributed by atoms with E-state index in [0.717, 1.165) is 43.9 Å². The van der Waals surface area contributed by atoms with Crippen molar-refractivity contribution in [1.29, 1.82) is 0 Å². The summed E-state index contributed by atoms with van der Waals surface area (Å²) in [5.74, 6) is 0. The van der Waals surface area contributed by atoms with Crippen molar-refractivity contribution >= 4 is 22.7 Å². The zero-order valence-electron chi connectivity index (χ0n) is 25.0. The van der Waals surface area contributed by atoms with Gasteiger partial charge in [0.15, 0.2) is 0 Å². The van der Waals surface area contributed by atoms with Gasteiger partial charge in [-0.3, -0.25) is 0 Å². The molecular formula is C41H24N4S2. The van der Waals surface area contributed by atoms with Crippen LogP contribution in [0.15, 0.2) is 144 Å². The first kappa shape index (κ1) is 26.6. The van der Waals surface area contributed by atoms with Gasteiger partial charge in [0.2, 0.25) is 0 Å². The van der Waals surface area contributed by atoms with Crippen LogP contribution in [-0.4, -0.2) is 19.9 Å². The maximum absolute atomic E-state index is 5.08. The van der Waals surface area contributed by atoms with Crippen LogP contribution < -0.4 is 0 Å². The summed E-state index contributed by atoms with van der Waals surface area (Å²) in [6, 6.07) is 44.0. The summed E-state index contributed by atoms with van der Waals surface area (Å²) in [7, 11) is 0. The highest BCUT2D eigenvalue weighted by Crippen LogP contribution is 2.63. The molecular weight excluding hydrogens is 613 g/mol. The molecule has 220 valence electrons. The minimum absolute atomic E-state index is 0.482. The number of hydrogen-bond acceptors (Lipinski definition) is 6. The fraction of sp³-hybridized carbons (Fsp3) is 0.0244. The van der Waals surface area contributed by atoms with Gasteiger partial charge >= 0.3 is 0 Å². The number of rotatable bonds is 4. The SMILES string of the molecule is c1cc(-c2ccc3c(c2)C2(c4ccccc4-c4ccccc42)c2cc(-c4cccc(-c5nccs5)n4)ccc2-3)nc(-c2nccs2)c1. The molecule has 0 saturated heterocycles. The predicted molar refractivity (Wildman–Crippen MR) is 191 cm³/mol. The highest BCUT2D eigenvalue weighted by Gasteiger charge is 2.51. The van der Waals surface area contributed by atoms with Gasteiger partial charge in [-0.15, -0.1) is 22.7 Å². The number of pyridine rings is 2. The van der Waals surface area contributed by atoms with Crippen molar-refractivity contribution in [1.82, 2.24) is 19.9 Å². The van der Waals surface area contributed by atoms with Crippen molar-refractivity contribution in [2.75, 3.05) is 0 Å². The molecule has 4 nitrogen and oxygen atoms in total. The summed E-state index contributed by atoms with van der Waals surface area (Å²) in [4.78, 5) is 19.2. The Kier molecular flexibility index (Phi) is 5.79. The Morgan fingerprint density at radius 3 is 1.32 bits per heavy atom. The average Bonchev–Trinajstić information content (AvgIpc) is 3.96. The van der Waals surface area contributed by atoms with Crippen molar-refractivity contribution in [2.45, 2.75) is 5.41 Å². The Balaban J connectivity index is 1.22. The van der Waals surface area contributed by atoms with Crippen LogP contribution in [0.3, 0.4) is 0 Å². The van der Waals surface area contributed by atoms with Crippen LogP contribution in [0.2, 0.25) is 0 Å². The van der Waals surface area contributed by atoms with E-state index in [1.165, 1.54) is 44.5 Å². The molecule has 0 unspecified atom stereocenters. The maximum atomic E-state index is 5.08. The summed E-state index contributed by atoms with van der Waals surface area (Å²) in [6.07, 6.45) is 3.66. The summed E-state index contributed by atoms with van der Waals surface area (Å²) in [5, 5.41) is 5.84. The number of hydrogen-bond donors (Lipinski definition) is 0. The Hall–Kier alpha value is -5.56. The molecule has 0 aliphatic heterocycles. The van der Waals surface area contributed by atoms with Crippen molar-refractivity contribution in [2.24, 2.45) is 0 Å². The third-order valence-corrected chi connectivity index (χ3v) is 11.1. The lowest BCUT2D eigenvalue weighted by molar-refractivity contribution is 0.794. The molecule has 47 heavy (non-hydrogen) atoms. The molecule has 10 rings (SSSR count).